The number of aromatic nitrogens is 2. The van der Waals surface area contributed by atoms with Crippen LogP contribution in [0.15, 0.2) is 18.3 Å². The van der Waals surface area contributed by atoms with Gasteiger partial charge in [0.25, 0.3) is 0 Å². The van der Waals surface area contributed by atoms with Crippen molar-refractivity contribution in [3.8, 4) is 0 Å². The third kappa shape index (κ3) is 1.99. The molecule has 0 radical (unpaired) electrons. The summed E-state index contributed by atoms with van der Waals surface area (Å²) in [5, 5.41) is 3.63. The van der Waals surface area contributed by atoms with E-state index in [9.17, 15) is 0 Å². The Labute approximate surface area is 119 Å². The lowest BCUT2D eigenvalue weighted by molar-refractivity contribution is 0.000658. The van der Waals surface area contributed by atoms with Gasteiger partial charge in [-0.05, 0) is 51.2 Å². The van der Waals surface area contributed by atoms with Gasteiger partial charge >= 0.3 is 0 Å². The molecule has 0 aromatic carbocycles. The number of fused-ring (bicyclic) bond motifs is 3. The summed E-state index contributed by atoms with van der Waals surface area (Å²) in [5.74, 6) is 1.00. The molecule has 2 aliphatic rings. The van der Waals surface area contributed by atoms with E-state index in [4.69, 9.17) is 9.72 Å². The van der Waals surface area contributed by atoms with Crippen molar-refractivity contribution in [2.75, 3.05) is 5.32 Å². The van der Waals surface area contributed by atoms with E-state index in [2.05, 4.69) is 41.9 Å². The molecule has 2 unspecified atom stereocenters. The zero-order chi connectivity index (χ0) is 13.7. The topological polar surface area (TPSA) is 38.6 Å². The minimum absolute atomic E-state index is 0.464. The first-order valence-corrected chi connectivity index (χ1v) is 7.56. The Morgan fingerprint density at radius 3 is 2.75 bits per heavy atom. The maximum atomic E-state index is 5.90. The molecule has 4 nitrogen and oxygen atoms in total. The lowest BCUT2D eigenvalue weighted by Gasteiger charge is -2.29. The van der Waals surface area contributed by atoms with Gasteiger partial charge in [-0.2, -0.15) is 0 Å². The number of hydrogen-bond donors (Lipinski definition) is 1. The minimum Gasteiger partial charge on any atom is -0.375 e. The molecule has 1 N–H and O–H groups in total. The molecule has 0 aliphatic carbocycles. The molecule has 2 bridgehead atoms. The van der Waals surface area contributed by atoms with E-state index in [0.29, 0.717) is 18.2 Å². The van der Waals surface area contributed by atoms with Gasteiger partial charge in [0.1, 0.15) is 11.5 Å². The van der Waals surface area contributed by atoms with Crippen molar-refractivity contribution >= 4 is 11.5 Å². The van der Waals surface area contributed by atoms with E-state index in [-0.39, 0.29) is 0 Å². The summed E-state index contributed by atoms with van der Waals surface area (Å²) in [4.78, 5) is 4.77. The summed E-state index contributed by atoms with van der Waals surface area (Å²) < 4.78 is 8.05. The van der Waals surface area contributed by atoms with E-state index in [1.807, 2.05) is 0 Å². The molecule has 20 heavy (non-hydrogen) atoms. The van der Waals surface area contributed by atoms with Gasteiger partial charge in [0.05, 0.1) is 12.2 Å². The molecule has 2 saturated heterocycles. The van der Waals surface area contributed by atoms with Gasteiger partial charge in [0.15, 0.2) is 0 Å². The summed E-state index contributed by atoms with van der Waals surface area (Å²) >= 11 is 0. The molecule has 0 spiro atoms. The molecule has 106 valence electrons. The maximum absolute atomic E-state index is 5.90. The fourth-order valence-corrected chi connectivity index (χ4v) is 3.62. The Morgan fingerprint density at radius 2 is 2.00 bits per heavy atom. The number of ether oxygens (including phenoxy) is 1. The normalized spacial score (nSPS) is 29.0. The van der Waals surface area contributed by atoms with Crippen LogP contribution in [-0.4, -0.2) is 27.6 Å². The summed E-state index contributed by atoms with van der Waals surface area (Å²) in [5.41, 5.74) is 3.51. The molecule has 0 amide bonds. The molecule has 4 rings (SSSR count). The van der Waals surface area contributed by atoms with Crippen LogP contribution in [0.2, 0.25) is 0 Å². The van der Waals surface area contributed by atoms with Gasteiger partial charge in [0.2, 0.25) is 0 Å². The standard InChI is InChI=1S/C16H21N3O/c1-10-5-6-19-11(2)7-15(18-16(10)19)17-12-8-13-3-4-14(9-12)20-13/h5-7,12-14H,3-4,8-9H2,1-2H3,(H,17,18). The van der Waals surface area contributed by atoms with Crippen molar-refractivity contribution in [2.24, 2.45) is 0 Å². The first-order valence-electron chi connectivity index (χ1n) is 7.56. The predicted octanol–water partition coefficient (Wildman–Crippen LogP) is 3.07. The number of rotatable bonds is 2. The van der Waals surface area contributed by atoms with E-state index in [1.54, 1.807) is 0 Å². The highest BCUT2D eigenvalue weighted by molar-refractivity contribution is 5.55. The van der Waals surface area contributed by atoms with Crippen LogP contribution < -0.4 is 5.32 Å². The predicted molar refractivity (Wildman–Crippen MR) is 79.2 cm³/mol. The van der Waals surface area contributed by atoms with Gasteiger partial charge in [-0.1, -0.05) is 0 Å². The zero-order valence-electron chi connectivity index (χ0n) is 12.1. The number of nitrogens with one attached hydrogen (secondary N) is 1. The van der Waals surface area contributed by atoms with Crippen molar-refractivity contribution in [3.05, 3.63) is 29.6 Å². The lowest BCUT2D eigenvalue weighted by atomic mass is 10.0. The van der Waals surface area contributed by atoms with E-state index < -0.39 is 0 Å². The quantitative estimate of drug-likeness (QED) is 0.912. The molecular formula is C16H21N3O. The first kappa shape index (κ1) is 12.2. The van der Waals surface area contributed by atoms with Crippen molar-refractivity contribution in [2.45, 2.75) is 57.8 Å². The van der Waals surface area contributed by atoms with Crippen LogP contribution in [0.25, 0.3) is 5.65 Å². The van der Waals surface area contributed by atoms with Gasteiger partial charge in [0, 0.05) is 24.0 Å². The molecule has 4 heterocycles. The van der Waals surface area contributed by atoms with Crippen molar-refractivity contribution < 1.29 is 4.74 Å². The molecule has 2 atom stereocenters. The summed E-state index contributed by atoms with van der Waals surface area (Å²) in [6, 6.07) is 4.77. The summed E-state index contributed by atoms with van der Waals surface area (Å²) in [6.45, 7) is 4.24. The third-order valence-electron chi connectivity index (χ3n) is 4.65. The molecule has 2 aliphatic heterocycles. The van der Waals surface area contributed by atoms with Crippen LogP contribution in [0.3, 0.4) is 0 Å². The van der Waals surface area contributed by atoms with E-state index >= 15 is 0 Å². The maximum Gasteiger partial charge on any atom is 0.142 e. The Hall–Kier alpha value is -1.55. The average Bonchev–Trinajstić information content (AvgIpc) is 2.94. The molecule has 0 saturated carbocycles. The van der Waals surface area contributed by atoms with Crippen LogP contribution >= 0.6 is 0 Å². The second-order valence-electron chi connectivity index (χ2n) is 6.25. The monoisotopic (exact) mass is 271 g/mol. The molecule has 4 heteroatoms. The Balaban J connectivity index is 1.60. The Bertz CT molecular complexity index is 636. The van der Waals surface area contributed by atoms with Crippen molar-refractivity contribution in [3.63, 3.8) is 0 Å². The summed E-state index contributed by atoms with van der Waals surface area (Å²) in [7, 11) is 0. The highest BCUT2D eigenvalue weighted by Crippen LogP contribution is 2.33. The first-order chi connectivity index (χ1) is 9.69. The zero-order valence-corrected chi connectivity index (χ0v) is 12.1. The average molecular weight is 271 g/mol. The smallest absolute Gasteiger partial charge is 0.142 e. The SMILES string of the molecule is Cc1ccn2c(C)cc(NC3CC4CCC(C3)O4)nc12. The van der Waals surface area contributed by atoms with Crippen molar-refractivity contribution in [1.82, 2.24) is 9.38 Å². The Kier molecular flexibility index (Phi) is 2.74. The highest BCUT2D eigenvalue weighted by atomic mass is 16.5. The number of nitrogens with zero attached hydrogens (tertiary/aromatic N) is 2. The fourth-order valence-electron chi connectivity index (χ4n) is 3.62. The molecular weight excluding hydrogens is 250 g/mol. The van der Waals surface area contributed by atoms with Gasteiger partial charge in [-0.25, -0.2) is 4.98 Å². The number of hydrogen-bond acceptors (Lipinski definition) is 3. The van der Waals surface area contributed by atoms with Crippen LogP contribution in [0.5, 0.6) is 0 Å². The van der Waals surface area contributed by atoms with E-state index in [1.165, 1.54) is 24.1 Å². The number of aryl methyl sites for hydroxylation is 2. The third-order valence-corrected chi connectivity index (χ3v) is 4.65. The fraction of sp³-hybridized carbons (Fsp3) is 0.562. The number of anilines is 1. The summed E-state index contributed by atoms with van der Waals surface area (Å²) in [6.07, 6.45) is 7.70. The van der Waals surface area contributed by atoms with E-state index in [0.717, 1.165) is 24.3 Å². The van der Waals surface area contributed by atoms with Crippen LogP contribution in [0, 0.1) is 13.8 Å². The Morgan fingerprint density at radius 1 is 1.25 bits per heavy atom. The van der Waals surface area contributed by atoms with Gasteiger partial charge < -0.3 is 14.5 Å². The van der Waals surface area contributed by atoms with Crippen LogP contribution in [-0.2, 0) is 4.74 Å². The molecule has 2 fully saturated rings. The largest absolute Gasteiger partial charge is 0.375 e. The molecule has 2 aromatic rings. The second kappa shape index (κ2) is 4.48. The molecule has 2 aromatic heterocycles. The minimum atomic E-state index is 0.464. The van der Waals surface area contributed by atoms with Gasteiger partial charge in [-0.15, -0.1) is 0 Å². The van der Waals surface area contributed by atoms with Crippen molar-refractivity contribution in [1.29, 1.82) is 0 Å². The van der Waals surface area contributed by atoms with Gasteiger partial charge in [-0.3, -0.25) is 0 Å². The highest BCUT2D eigenvalue weighted by Gasteiger charge is 2.35. The second-order valence-corrected chi connectivity index (χ2v) is 6.25. The van der Waals surface area contributed by atoms with Crippen LogP contribution in [0.4, 0.5) is 5.82 Å². The lowest BCUT2D eigenvalue weighted by Crippen LogP contribution is -2.34. The van der Waals surface area contributed by atoms with Crippen LogP contribution in [0.1, 0.15) is 36.9 Å².